The molecule has 2 saturated heterocycles. The first-order chi connectivity index (χ1) is 15.8. The molecule has 0 saturated carbocycles. The molecule has 0 radical (unpaired) electrons. The Morgan fingerprint density at radius 3 is 2.26 bits per heavy atom. The lowest BCUT2D eigenvalue weighted by Crippen LogP contribution is -2.56. The number of hydrogen-bond acceptors (Lipinski definition) is 7. The standard InChI is InChI=1S/C19H24N2O5S.C2HF3O2/c1-12(2)27(23,24)21-9-17(16-5-3-4-6-18(16)21)19(22)26-15-7-13-10-25-11-14(8-15)20-13;3-2(4,5)1(6)7/h3-6,9,12-15,20H,7-8,10-11H2,1-2H3;(H,6,7). The number of fused-ring (bicyclic) bond motifs is 3. The van der Waals surface area contributed by atoms with Gasteiger partial charge < -0.3 is 19.9 Å². The van der Waals surface area contributed by atoms with Crippen LogP contribution in [-0.4, -0.2) is 72.3 Å². The molecule has 2 atom stereocenters. The van der Waals surface area contributed by atoms with Crippen LogP contribution in [0.4, 0.5) is 13.2 Å². The minimum Gasteiger partial charge on any atom is -0.475 e. The number of carboxylic acids is 1. The molecular weight excluding hydrogens is 481 g/mol. The third-order valence-electron chi connectivity index (χ3n) is 5.49. The average molecular weight is 506 g/mol. The molecule has 9 nitrogen and oxygen atoms in total. The van der Waals surface area contributed by atoms with Crippen LogP contribution >= 0.6 is 0 Å². The van der Waals surface area contributed by atoms with Crippen LogP contribution < -0.4 is 5.32 Å². The van der Waals surface area contributed by atoms with E-state index in [1.807, 2.05) is 0 Å². The number of aliphatic carboxylic acids is 1. The van der Waals surface area contributed by atoms with Gasteiger partial charge in [0.25, 0.3) is 0 Å². The molecule has 0 amide bonds. The number of piperidine rings is 1. The first-order valence-electron chi connectivity index (χ1n) is 10.5. The number of morpholine rings is 1. The van der Waals surface area contributed by atoms with E-state index in [0.717, 1.165) is 0 Å². The Hall–Kier alpha value is -2.64. The van der Waals surface area contributed by atoms with E-state index in [9.17, 15) is 26.4 Å². The van der Waals surface area contributed by atoms with E-state index in [0.29, 0.717) is 37.0 Å². The van der Waals surface area contributed by atoms with E-state index in [4.69, 9.17) is 19.4 Å². The third kappa shape index (κ3) is 5.70. The van der Waals surface area contributed by atoms with E-state index in [1.54, 1.807) is 38.1 Å². The zero-order chi connectivity index (χ0) is 25.3. The van der Waals surface area contributed by atoms with Crippen LogP contribution in [0, 0.1) is 0 Å². The SMILES string of the molecule is CC(C)S(=O)(=O)n1cc(C(=O)OC2CC3COCC(C2)N3)c2ccccc21.O=C(O)C(F)(F)F. The molecule has 1 aromatic heterocycles. The number of para-hydroxylation sites is 1. The number of benzene rings is 1. The van der Waals surface area contributed by atoms with E-state index in [-0.39, 0.29) is 23.8 Å². The molecule has 2 N–H and O–H groups in total. The number of halogens is 3. The molecule has 188 valence electrons. The van der Waals surface area contributed by atoms with Gasteiger partial charge in [-0.15, -0.1) is 0 Å². The molecule has 3 heterocycles. The van der Waals surface area contributed by atoms with E-state index >= 15 is 0 Å². The number of carboxylic acid groups (broad SMARTS) is 1. The summed E-state index contributed by atoms with van der Waals surface area (Å²) in [7, 11) is -3.58. The van der Waals surface area contributed by atoms with Crippen molar-refractivity contribution in [2.24, 2.45) is 0 Å². The van der Waals surface area contributed by atoms with Crippen molar-refractivity contribution in [1.82, 2.24) is 9.29 Å². The molecule has 2 aliphatic rings. The Kier molecular flexibility index (Phi) is 7.58. The van der Waals surface area contributed by atoms with Gasteiger partial charge in [-0.3, -0.25) is 0 Å². The van der Waals surface area contributed by atoms with Crippen LogP contribution in [0.3, 0.4) is 0 Å². The maximum Gasteiger partial charge on any atom is 0.490 e. The second-order valence-electron chi connectivity index (χ2n) is 8.35. The predicted molar refractivity (Wildman–Crippen MR) is 115 cm³/mol. The fraction of sp³-hybridized carbons (Fsp3) is 0.524. The second kappa shape index (κ2) is 9.92. The lowest BCUT2D eigenvalue weighted by atomic mass is 9.94. The van der Waals surface area contributed by atoms with Gasteiger partial charge in [-0.25, -0.2) is 22.0 Å². The van der Waals surface area contributed by atoms with Crippen LogP contribution in [0.25, 0.3) is 10.9 Å². The van der Waals surface area contributed by atoms with Crippen molar-refractivity contribution >= 4 is 32.9 Å². The van der Waals surface area contributed by atoms with Crippen molar-refractivity contribution in [3.8, 4) is 0 Å². The predicted octanol–water partition coefficient (Wildman–Crippen LogP) is 2.54. The van der Waals surface area contributed by atoms with Crippen molar-refractivity contribution in [2.75, 3.05) is 13.2 Å². The summed E-state index contributed by atoms with van der Waals surface area (Å²) >= 11 is 0. The van der Waals surface area contributed by atoms with Gasteiger partial charge in [-0.05, 0) is 19.9 Å². The molecule has 2 fully saturated rings. The van der Waals surface area contributed by atoms with Crippen LogP contribution in [-0.2, 0) is 24.3 Å². The summed E-state index contributed by atoms with van der Waals surface area (Å²) in [6.07, 6.45) is -2.48. The number of carbonyl (C=O) groups excluding carboxylic acids is 1. The Labute approximate surface area is 193 Å². The van der Waals surface area contributed by atoms with Crippen LogP contribution in [0.2, 0.25) is 0 Å². The van der Waals surface area contributed by atoms with E-state index in [2.05, 4.69) is 5.32 Å². The van der Waals surface area contributed by atoms with Crippen molar-refractivity contribution in [3.63, 3.8) is 0 Å². The van der Waals surface area contributed by atoms with Gasteiger partial charge in [0.05, 0.1) is 29.5 Å². The summed E-state index contributed by atoms with van der Waals surface area (Å²) in [5.74, 6) is -3.23. The van der Waals surface area contributed by atoms with Crippen molar-refractivity contribution < 1.29 is 45.8 Å². The monoisotopic (exact) mass is 506 g/mol. The highest BCUT2D eigenvalue weighted by Gasteiger charge is 2.38. The van der Waals surface area contributed by atoms with Crippen molar-refractivity contribution in [1.29, 1.82) is 0 Å². The molecule has 4 rings (SSSR count). The fourth-order valence-electron chi connectivity index (χ4n) is 3.85. The topological polar surface area (TPSA) is 124 Å². The molecule has 2 aromatic rings. The fourth-order valence-corrected chi connectivity index (χ4v) is 4.99. The Bertz CT molecular complexity index is 1150. The van der Waals surface area contributed by atoms with Gasteiger partial charge in [-0.1, -0.05) is 18.2 Å². The highest BCUT2D eigenvalue weighted by atomic mass is 32.2. The average Bonchev–Trinajstić information content (AvgIpc) is 3.14. The maximum absolute atomic E-state index is 12.9. The largest absolute Gasteiger partial charge is 0.490 e. The lowest BCUT2D eigenvalue weighted by Gasteiger charge is -2.39. The Morgan fingerprint density at radius 2 is 1.74 bits per heavy atom. The molecule has 34 heavy (non-hydrogen) atoms. The van der Waals surface area contributed by atoms with Gasteiger partial charge >= 0.3 is 18.1 Å². The number of esters is 1. The lowest BCUT2D eigenvalue weighted by molar-refractivity contribution is -0.192. The molecule has 0 spiro atoms. The summed E-state index contributed by atoms with van der Waals surface area (Å²) in [6.45, 7) is 4.49. The molecule has 2 bridgehead atoms. The molecule has 2 unspecified atom stereocenters. The zero-order valence-corrected chi connectivity index (χ0v) is 19.2. The minimum atomic E-state index is -5.08. The third-order valence-corrected chi connectivity index (χ3v) is 7.53. The quantitative estimate of drug-likeness (QED) is 0.607. The second-order valence-corrected chi connectivity index (χ2v) is 10.7. The van der Waals surface area contributed by atoms with E-state index < -0.39 is 33.4 Å². The minimum absolute atomic E-state index is 0.193. The number of ether oxygens (including phenoxy) is 2. The first-order valence-corrected chi connectivity index (χ1v) is 12.0. The summed E-state index contributed by atoms with van der Waals surface area (Å²) in [5, 5.41) is 10.6. The molecule has 1 aromatic carbocycles. The summed E-state index contributed by atoms with van der Waals surface area (Å²) < 4.78 is 69.6. The van der Waals surface area contributed by atoms with Gasteiger partial charge in [0.2, 0.25) is 10.0 Å². The van der Waals surface area contributed by atoms with Gasteiger partial charge in [0.15, 0.2) is 0 Å². The van der Waals surface area contributed by atoms with Crippen molar-refractivity contribution in [2.45, 2.75) is 56.3 Å². The van der Waals surface area contributed by atoms with Crippen LogP contribution in [0.15, 0.2) is 30.5 Å². The number of aromatic nitrogens is 1. The number of rotatable bonds is 4. The summed E-state index contributed by atoms with van der Waals surface area (Å²) in [5.41, 5.74) is 0.781. The summed E-state index contributed by atoms with van der Waals surface area (Å²) in [4.78, 5) is 21.8. The molecule has 13 heteroatoms. The number of carbonyl (C=O) groups is 2. The first kappa shape index (κ1) is 26.0. The van der Waals surface area contributed by atoms with Crippen molar-refractivity contribution in [3.05, 3.63) is 36.0 Å². The summed E-state index contributed by atoms with van der Waals surface area (Å²) in [6, 6.07) is 7.40. The van der Waals surface area contributed by atoms with Crippen LogP contribution in [0.1, 0.15) is 37.0 Å². The Morgan fingerprint density at radius 1 is 1.18 bits per heavy atom. The Balaban J connectivity index is 0.000000406. The van der Waals surface area contributed by atoms with Gasteiger partial charge in [-0.2, -0.15) is 13.2 Å². The number of nitrogens with zero attached hydrogens (tertiary/aromatic N) is 1. The normalized spacial score (nSPS) is 22.7. The van der Waals surface area contributed by atoms with E-state index in [1.165, 1.54) is 10.2 Å². The number of alkyl halides is 3. The smallest absolute Gasteiger partial charge is 0.475 e. The molecular formula is C21H25F3N2O7S. The van der Waals surface area contributed by atoms with Gasteiger partial charge in [0.1, 0.15) is 6.10 Å². The molecule has 0 aliphatic carbocycles. The van der Waals surface area contributed by atoms with Crippen LogP contribution in [0.5, 0.6) is 0 Å². The van der Waals surface area contributed by atoms with Gasteiger partial charge in [0, 0.05) is 36.5 Å². The number of hydrogen-bond donors (Lipinski definition) is 2. The highest BCUT2D eigenvalue weighted by molar-refractivity contribution is 7.90. The maximum atomic E-state index is 12.9. The number of nitrogens with one attached hydrogen (secondary N) is 1. The molecule has 2 aliphatic heterocycles. The zero-order valence-electron chi connectivity index (χ0n) is 18.4. The highest BCUT2D eigenvalue weighted by Crippen LogP contribution is 2.27.